The molecule has 2 nitrogen and oxygen atoms in total. The third-order valence-corrected chi connectivity index (χ3v) is 3.83. The number of benzene rings is 2. The summed E-state index contributed by atoms with van der Waals surface area (Å²) < 4.78 is 29.7. The monoisotopic (exact) mass is 564 g/mol. The van der Waals surface area contributed by atoms with Crippen molar-refractivity contribution in [1.29, 1.82) is 0 Å². The van der Waals surface area contributed by atoms with Crippen LogP contribution < -0.4 is 4.74 Å². The number of phenols is 1. The fourth-order valence-electron chi connectivity index (χ4n) is 1.16. The van der Waals surface area contributed by atoms with Gasteiger partial charge in [-0.2, -0.15) is 0 Å². The SMILES string of the molecule is FCCI.FCCOc1ccccc1Br.Oc1ccccc1Br. The van der Waals surface area contributed by atoms with Gasteiger partial charge in [0.05, 0.1) is 15.6 Å². The molecule has 0 aliphatic heterocycles. The molecule has 23 heavy (non-hydrogen) atoms. The normalized spacial score (nSPS) is 9.09. The molecule has 0 unspecified atom stereocenters. The Balaban J connectivity index is 0.000000354. The standard InChI is InChI=1S/C8H8BrFO.C6H5BrO.C2H4FI/c9-7-3-1-2-4-8(7)11-6-5-10;7-5-3-1-2-4-6(5)8;3-1-2-4/h1-4H,5-6H2;1-4,8H;1-2H2. The molecule has 0 radical (unpaired) electrons. The number of rotatable bonds is 4. The Morgan fingerprint density at radius 1 is 0.913 bits per heavy atom. The lowest BCUT2D eigenvalue weighted by molar-refractivity contribution is 0.272. The van der Waals surface area contributed by atoms with Gasteiger partial charge >= 0.3 is 0 Å². The second-order valence-corrected chi connectivity index (χ2v) is 6.58. The van der Waals surface area contributed by atoms with Crippen LogP contribution in [0.5, 0.6) is 11.5 Å². The van der Waals surface area contributed by atoms with Gasteiger partial charge < -0.3 is 9.84 Å². The largest absolute Gasteiger partial charge is 0.507 e. The van der Waals surface area contributed by atoms with Gasteiger partial charge in [0.1, 0.15) is 24.8 Å². The molecule has 7 heteroatoms. The average molecular weight is 566 g/mol. The van der Waals surface area contributed by atoms with Gasteiger partial charge in [0, 0.05) is 4.43 Å². The second kappa shape index (κ2) is 15.1. The Bertz CT molecular complexity index is 522. The summed E-state index contributed by atoms with van der Waals surface area (Å²) in [5, 5.41) is 8.87. The smallest absolute Gasteiger partial charge is 0.133 e. The molecule has 0 saturated heterocycles. The highest BCUT2D eigenvalue weighted by Crippen LogP contribution is 2.23. The maximum Gasteiger partial charge on any atom is 0.133 e. The molecular formula is C16H17Br2F2IO2. The molecule has 0 bridgehead atoms. The van der Waals surface area contributed by atoms with Crippen molar-refractivity contribution in [2.24, 2.45) is 0 Å². The van der Waals surface area contributed by atoms with Crippen molar-refractivity contribution in [2.75, 3.05) is 24.4 Å². The van der Waals surface area contributed by atoms with E-state index in [0.717, 1.165) is 8.95 Å². The molecule has 2 rings (SSSR count). The van der Waals surface area contributed by atoms with Gasteiger partial charge in [-0.3, -0.25) is 4.39 Å². The van der Waals surface area contributed by atoms with E-state index in [-0.39, 0.29) is 19.0 Å². The topological polar surface area (TPSA) is 29.5 Å². The number of halogens is 5. The maximum absolute atomic E-state index is 11.7. The highest BCUT2D eigenvalue weighted by Gasteiger charge is 1.96. The molecule has 0 aliphatic carbocycles. The third-order valence-electron chi connectivity index (χ3n) is 2.10. The molecule has 1 N–H and O–H groups in total. The molecule has 0 amide bonds. The molecule has 0 aromatic heterocycles. The average Bonchev–Trinajstić information content (AvgIpc) is 2.58. The van der Waals surface area contributed by atoms with Gasteiger partial charge in [0.15, 0.2) is 0 Å². The summed E-state index contributed by atoms with van der Waals surface area (Å²) in [5.41, 5.74) is 0. The minimum absolute atomic E-state index is 0.114. The Hall–Kier alpha value is -0.410. The first-order chi connectivity index (χ1) is 11.1. The summed E-state index contributed by atoms with van der Waals surface area (Å²) >= 11 is 8.40. The number of alkyl halides is 3. The predicted molar refractivity (Wildman–Crippen MR) is 106 cm³/mol. The van der Waals surface area contributed by atoms with Gasteiger partial charge in [-0.25, -0.2) is 4.39 Å². The molecule has 0 spiro atoms. The molecule has 2 aromatic rings. The zero-order valence-electron chi connectivity index (χ0n) is 12.2. The zero-order valence-corrected chi connectivity index (χ0v) is 17.5. The van der Waals surface area contributed by atoms with Gasteiger partial charge in [0.25, 0.3) is 0 Å². The van der Waals surface area contributed by atoms with Gasteiger partial charge in [0.2, 0.25) is 0 Å². The number of phenolic OH excluding ortho intramolecular Hbond substituents is 1. The Kier molecular flexibility index (Phi) is 14.9. The molecule has 2 aromatic carbocycles. The first-order valence-electron chi connectivity index (χ1n) is 6.55. The molecule has 0 saturated carbocycles. The van der Waals surface area contributed by atoms with Crippen molar-refractivity contribution in [2.45, 2.75) is 0 Å². The van der Waals surface area contributed by atoms with Crippen LogP contribution in [0.3, 0.4) is 0 Å². The number of hydrogen-bond acceptors (Lipinski definition) is 2. The van der Waals surface area contributed by atoms with Crippen molar-refractivity contribution in [3.05, 3.63) is 57.5 Å². The molecule has 0 heterocycles. The Labute approximate surface area is 165 Å². The highest BCUT2D eigenvalue weighted by atomic mass is 127. The van der Waals surface area contributed by atoms with E-state index in [1.54, 1.807) is 24.3 Å². The van der Waals surface area contributed by atoms with Gasteiger partial charge in [-0.15, -0.1) is 0 Å². The maximum atomic E-state index is 11.7. The summed E-state index contributed by atoms with van der Waals surface area (Å²) in [5.74, 6) is 0.970. The fraction of sp³-hybridized carbons (Fsp3) is 0.250. The van der Waals surface area contributed by atoms with Crippen molar-refractivity contribution < 1.29 is 18.6 Å². The fourth-order valence-corrected chi connectivity index (χ4v) is 1.85. The predicted octanol–water partition coefficient (Wildman–Crippen LogP) is 6.34. The number of para-hydroxylation sites is 2. The van der Waals surface area contributed by atoms with Crippen LogP contribution in [-0.4, -0.2) is 29.5 Å². The number of aromatic hydroxyl groups is 1. The van der Waals surface area contributed by atoms with Crippen LogP contribution in [0.2, 0.25) is 0 Å². The van der Waals surface area contributed by atoms with Crippen molar-refractivity contribution in [3.8, 4) is 11.5 Å². The van der Waals surface area contributed by atoms with Crippen LogP contribution in [0.4, 0.5) is 8.78 Å². The van der Waals surface area contributed by atoms with E-state index in [0.29, 0.717) is 10.2 Å². The molecular weight excluding hydrogens is 549 g/mol. The lowest BCUT2D eigenvalue weighted by Gasteiger charge is -2.04. The second-order valence-electron chi connectivity index (χ2n) is 3.80. The third kappa shape index (κ3) is 11.7. The van der Waals surface area contributed by atoms with Crippen LogP contribution in [-0.2, 0) is 0 Å². The summed E-state index contributed by atoms with van der Waals surface area (Å²) in [4.78, 5) is 0. The van der Waals surface area contributed by atoms with E-state index >= 15 is 0 Å². The van der Waals surface area contributed by atoms with E-state index < -0.39 is 6.67 Å². The van der Waals surface area contributed by atoms with Crippen LogP contribution in [0.1, 0.15) is 0 Å². The minimum atomic E-state index is -0.457. The Morgan fingerprint density at radius 2 is 1.43 bits per heavy atom. The summed E-state index contributed by atoms with van der Waals surface area (Å²) in [6, 6.07) is 14.4. The summed E-state index contributed by atoms with van der Waals surface area (Å²) in [6.45, 7) is -0.537. The van der Waals surface area contributed by atoms with Crippen LogP contribution >= 0.6 is 54.5 Å². The minimum Gasteiger partial charge on any atom is -0.507 e. The summed E-state index contributed by atoms with van der Waals surface area (Å²) in [7, 11) is 0. The van der Waals surface area contributed by atoms with Crippen LogP contribution in [0, 0.1) is 0 Å². The van der Waals surface area contributed by atoms with Gasteiger partial charge in [-0.05, 0) is 56.1 Å². The van der Waals surface area contributed by atoms with E-state index in [4.69, 9.17) is 9.84 Å². The first kappa shape index (κ1) is 22.6. The summed E-state index contributed by atoms with van der Waals surface area (Å²) in [6.07, 6.45) is 0. The highest BCUT2D eigenvalue weighted by molar-refractivity contribution is 14.1. The number of ether oxygens (including phenoxy) is 1. The zero-order chi connectivity index (χ0) is 17.5. The van der Waals surface area contributed by atoms with Gasteiger partial charge in [-0.1, -0.05) is 46.9 Å². The molecule has 128 valence electrons. The number of hydrogen-bond donors (Lipinski definition) is 1. The van der Waals surface area contributed by atoms with E-state index in [2.05, 4.69) is 31.9 Å². The Morgan fingerprint density at radius 3 is 1.83 bits per heavy atom. The van der Waals surface area contributed by atoms with Crippen molar-refractivity contribution in [3.63, 3.8) is 0 Å². The molecule has 0 atom stereocenters. The quantitative estimate of drug-likeness (QED) is 0.346. The van der Waals surface area contributed by atoms with Crippen LogP contribution in [0.25, 0.3) is 0 Å². The lowest BCUT2D eigenvalue weighted by atomic mass is 10.3. The van der Waals surface area contributed by atoms with Crippen LogP contribution in [0.15, 0.2) is 57.5 Å². The van der Waals surface area contributed by atoms with Crippen molar-refractivity contribution >= 4 is 54.5 Å². The molecule has 0 aliphatic rings. The van der Waals surface area contributed by atoms with E-state index in [1.165, 1.54) is 0 Å². The van der Waals surface area contributed by atoms with E-state index in [9.17, 15) is 8.78 Å². The van der Waals surface area contributed by atoms with Crippen molar-refractivity contribution in [1.82, 2.24) is 0 Å². The first-order valence-corrected chi connectivity index (χ1v) is 9.66. The lowest BCUT2D eigenvalue weighted by Crippen LogP contribution is -1.98. The molecule has 0 fully saturated rings. The van der Waals surface area contributed by atoms with E-state index in [1.807, 2.05) is 46.9 Å².